The number of hydrogen-bond donors (Lipinski definition) is 1. The third-order valence-electron chi connectivity index (χ3n) is 5.12. The molecule has 1 aliphatic heterocycles. The van der Waals surface area contributed by atoms with E-state index >= 15 is 0 Å². The van der Waals surface area contributed by atoms with Crippen LogP contribution in [-0.2, 0) is 0 Å². The van der Waals surface area contributed by atoms with E-state index in [1.165, 1.54) is 36.8 Å². The highest BCUT2D eigenvalue weighted by Gasteiger charge is 2.22. The lowest BCUT2D eigenvalue weighted by Gasteiger charge is -2.31. The van der Waals surface area contributed by atoms with Crippen molar-refractivity contribution in [2.45, 2.75) is 38.6 Å². The summed E-state index contributed by atoms with van der Waals surface area (Å²) < 4.78 is 0. The fourth-order valence-electron chi connectivity index (χ4n) is 3.58. The van der Waals surface area contributed by atoms with E-state index in [1.54, 1.807) is 12.1 Å². The lowest BCUT2D eigenvalue weighted by molar-refractivity contribution is 0.0933. The number of amides is 1. The molecule has 1 unspecified atom stereocenters. The largest absolute Gasteiger partial charge is 0.350 e. The third-order valence-corrected chi connectivity index (χ3v) is 5.45. The number of halogens is 2. The summed E-state index contributed by atoms with van der Waals surface area (Å²) in [6, 6.07) is 16.1. The number of hydrogen-bond acceptors (Lipinski definition) is 2. The van der Waals surface area contributed by atoms with Gasteiger partial charge in [-0.1, -0.05) is 66.4 Å². The van der Waals surface area contributed by atoms with Crippen molar-refractivity contribution in [2.24, 2.45) is 0 Å². The van der Waals surface area contributed by atoms with Crippen molar-refractivity contribution in [1.29, 1.82) is 0 Å². The number of benzene rings is 2. The summed E-state index contributed by atoms with van der Waals surface area (Å²) in [6.07, 6.45) is 5.04. The molecule has 1 heterocycles. The average molecular weight is 407 g/mol. The molecule has 1 fully saturated rings. The zero-order chi connectivity index (χ0) is 18.4. The Kier molecular flexibility index (Phi) is 8.62. The molecule has 0 radical (unpaired) electrons. The molecular weight excluding hydrogens is 379 g/mol. The molecule has 2 aromatic rings. The minimum atomic E-state index is -0.109. The van der Waals surface area contributed by atoms with Gasteiger partial charge >= 0.3 is 0 Å². The Hall–Kier alpha value is -1.55. The Morgan fingerprint density at radius 3 is 2.30 bits per heavy atom. The highest BCUT2D eigenvalue weighted by molar-refractivity contribution is 6.33. The van der Waals surface area contributed by atoms with Crippen LogP contribution in [0.5, 0.6) is 0 Å². The molecule has 2 aromatic carbocycles. The molecule has 0 aromatic heterocycles. The molecular formula is C22H28Cl2N2O. The van der Waals surface area contributed by atoms with E-state index in [0.717, 1.165) is 13.1 Å². The van der Waals surface area contributed by atoms with Crippen molar-refractivity contribution in [3.63, 3.8) is 0 Å². The number of carbonyl (C=O) groups is 1. The van der Waals surface area contributed by atoms with Crippen LogP contribution in [0.4, 0.5) is 0 Å². The summed E-state index contributed by atoms with van der Waals surface area (Å²) in [7, 11) is 0. The summed E-state index contributed by atoms with van der Waals surface area (Å²) in [4.78, 5) is 15.1. The molecule has 1 amide bonds. The van der Waals surface area contributed by atoms with Crippen molar-refractivity contribution >= 4 is 29.9 Å². The number of carbonyl (C=O) groups excluding carboxylic acids is 1. The van der Waals surface area contributed by atoms with Gasteiger partial charge in [-0.2, -0.15) is 0 Å². The minimum absolute atomic E-state index is 0. The highest BCUT2D eigenvalue weighted by Crippen LogP contribution is 2.24. The van der Waals surface area contributed by atoms with Crippen LogP contribution in [0.3, 0.4) is 0 Å². The number of nitrogens with one attached hydrogen (secondary N) is 1. The van der Waals surface area contributed by atoms with Crippen LogP contribution in [0.2, 0.25) is 5.02 Å². The quantitative estimate of drug-likeness (QED) is 0.718. The number of likely N-dealkylation sites (tertiary alicyclic amines) is 1. The van der Waals surface area contributed by atoms with Gasteiger partial charge in [-0.3, -0.25) is 9.69 Å². The Balaban J connectivity index is 0.00000261. The lowest BCUT2D eigenvalue weighted by atomic mass is 10.0. The number of nitrogens with zero attached hydrogens (tertiary/aromatic N) is 1. The van der Waals surface area contributed by atoms with Crippen LogP contribution in [-0.4, -0.2) is 30.4 Å². The standard InChI is InChI=1S/C22H27ClN2O.ClH/c1-17-10-12-18(13-11-17)21(25-14-6-2-3-7-15-25)16-24-22(26)19-8-4-5-9-20(19)23;/h4-5,8-13,21H,2-3,6-7,14-16H2,1H3,(H,24,26);1H. The van der Waals surface area contributed by atoms with E-state index in [1.807, 2.05) is 12.1 Å². The second-order valence-corrected chi connectivity index (χ2v) is 7.47. The predicted octanol–water partition coefficient (Wildman–Crippen LogP) is 5.42. The van der Waals surface area contributed by atoms with E-state index in [4.69, 9.17) is 11.6 Å². The summed E-state index contributed by atoms with van der Waals surface area (Å²) in [6.45, 7) is 4.86. The Bertz CT molecular complexity index is 725. The van der Waals surface area contributed by atoms with Gasteiger partial charge in [-0.15, -0.1) is 12.4 Å². The van der Waals surface area contributed by atoms with Crippen molar-refractivity contribution < 1.29 is 4.79 Å². The van der Waals surface area contributed by atoms with Gasteiger partial charge in [0.05, 0.1) is 16.6 Å². The first-order valence-electron chi connectivity index (χ1n) is 9.48. The first kappa shape index (κ1) is 21.7. The number of rotatable bonds is 5. The maximum absolute atomic E-state index is 12.6. The van der Waals surface area contributed by atoms with Crippen LogP contribution in [0.15, 0.2) is 48.5 Å². The smallest absolute Gasteiger partial charge is 0.252 e. The lowest BCUT2D eigenvalue weighted by Crippen LogP contribution is -2.38. The van der Waals surface area contributed by atoms with Gasteiger partial charge in [0.1, 0.15) is 0 Å². The zero-order valence-corrected chi connectivity index (χ0v) is 17.4. The topological polar surface area (TPSA) is 32.3 Å². The minimum Gasteiger partial charge on any atom is -0.350 e. The first-order chi connectivity index (χ1) is 12.6. The van der Waals surface area contributed by atoms with Crippen molar-refractivity contribution in [3.8, 4) is 0 Å². The highest BCUT2D eigenvalue weighted by atomic mass is 35.5. The van der Waals surface area contributed by atoms with Crippen LogP contribution in [0, 0.1) is 6.92 Å². The van der Waals surface area contributed by atoms with Gasteiger partial charge in [-0.05, 0) is 50.6 Å². The maximum atomic E-state index is 12.6. The van der Waals surface area contributed by atoms with Gasteiger partial charge in [-0.25, -0.2) is 0 Å². The number of aryl methyl sites for hydroxylation is 1. The van der Waals surface area contributed by atoms with E-state index in [2.05, 4.69) is 41.4 Å². The molecule has 0 saturated carbocycles. The van der Waals surface area contributed by atoms with E-state index in [0.29, 0.717) is 17.1 Å². The zero-order valence-electron chi connectivity index (χ0n) is 15.8. The van der Waals surface area contributed by atoms with E-state index < -0.39 is 0 Å². The summed E-state index contributed by atoms with van der Waals surface area (Å²) in [5.74, 6) is -0.109. The SMILES string of the molecule is Cc1ccc(C(CNC(=O)c2ccccc2Cl)N2CCCCCC2)cc1.Cl. The van der Waals surface area contributed by atoms with Crippen LogP contribution in [0.25, 0.3) is 0 Å². The van der Waals surface area contributed by atoms with Gasteiger partial charge in [0.15, 0.2) is 0 Å². The van der Waals surface area contributed by atoms with Gasteiger partial charge in [0.25, 0.3) is 5.91 Å². The molecule has 1 aliphatic rings. The van der Waals surface area contributed by atoms with Crippen LogP contribution < -0.4 is 5.32 Å². The van der Waals surface area contributed by atoms with Crippen molar-refractivity contribution in [1.82, 2.24) is 10.2 Å². The second-order valence-electron chi connectivity index (χ2n) is 7.07. The molecule has 146 valence electrons. The summed E-state index contributed by atoms with van der Waals surface area (Å²) >= 11 is 6.17. The molecule has 1 atom stereocenters. The normalized spacial score (nSPS) is 16.1. The van der Waals surface area contributed by atoms with Gasteiger partial charge in [0.2, 0.25) is 0 Å². The average Bonchev–Trinajstić information content (AvgIpc) is 2.93. The van der Waals surface area contributed by atoms with Gasteiger partial charge < -0.3 is 5.32 Å². The maximum Gasteiger partial charge on any atom is 0.252 e. The monoisotopic (exact) mass is 406 g/mol. The fourth-order valence-corrected chi connectivity index (χ4v) is 3.80. The molecule has 0 aliphatic carbocycles. The molecule has 5 heteroatoms. The Labute approximate surface area is 173 Å². The molecule has 1 N–H and O–H groups in total. The third kappa shape index (κ3) is 5.97. The summed E-state index contributed by atoms with van der Waals surface area (Å²) in [5, 5.41) is 3.60. The van der Waals surface area contributed by atoms with E-state index in [-0.39, 0.29) is 24.4 Å². The Morgan fingerprint density at radius 1 is 1.04 bits per heavy atom. The predicted molar refractivity (Wildman–Crippen MR) is 115 cm³/mol. The van der Waals surface area contributed by atoms with Crippen molar-refractivity contribution in [2.75, 3.05) is 19.6 Å². The second kappa shape index (κ2) is 10.7. The van der Waals surface area contributed by atoms with Crippen LogP contribution in [0.1, 0.15) is 53.2 Å². The molecule has 1 saturated heterocycles. The Morgan fingerprint density at radius 2 is 1.67 bits per heavy atom. The molecule has 27 heavy (non-hydrogen) atoms. The molecule has 0 spiro atoms. The fraction of sp³-hybridized carbons (Fsp3) is 0.409. The van der Waals surface area contributed by atoms with Crippen LogP contribution >= 0.6 is 24.0 Å². The van der Waals surface area contributed by atoms with Gasteiger partial charge in [0, 0.05) is 6.54 Å². The molecule has 0 bridgehead atoms. The van der Waals surface area contributed by atoms with Crippen molar-refractivity contribution in [3.05, 3.63) is 70.2 Å². The first-order valence-corrected chi connectivity index (χ1v) is 9.86. The molecule has 3 nitrogen and oxygen atoms in total. The molecule has 3 rings (SSSR count). The summed E-state index contributed by atoms with van der Waals surface area (Å²) in [5.41, 5.74) is 3.05. The van der Waals surface area contributed by atoms with E-state index in [9.17, 15) is 4.79 Å².